The Balaban J connectivity index is 3.05. The fourth-order valence-corrected chi connectivity index (χ4v) is 1.54. The Morgan fingerprint density at radius 3 is 2.78 bits per heavy atom. The van der Waals surface area contributed by atoms with Gasteiger partial charge in [0.25, 0.3) is 0 Å². The molecule has 1 aromatic rings. The van der Waals surface area contributed by atoms with Crippen molar-refractivity contribution in [1.82, 2.24) is 0 Å². The van der Waals surface area contributed by atoms with Gasteiger partial charge in [0, 0.05) is 17.5 Å². The number of carboxylic acid groups (broad SMARTS) is 1. The van der Waals surface area contributed by atoms with Gasteiger partial charge in [-0.25, -0.2) is 4.39 Å². The molecule has 1 radical (unpaired) electrons. The van der Waals surface area contributed by atoms with Gasteiger partial charge in [-0.05, 0) is 18.6 Å². The van der Waals surface area contributed by atoms with Gasteiger partial charge in [0.05, 0.1) is 0 Å². The van der Waals surface area contributed by atoms with Crippen LogP contribution in [-0.4, -0.2) is 29.3 Å². The van der Waals surface area contributed by atoms with E-state index >= 15 is 0 Å². The van der Waals surface area contributed by atoms with Gasteiger partial charge in [0.15, 0.2) is 5.82 Å². The van der Waals surface area contributed by atoms with Crippen molar-refractivity contribution >= 4 is 25.3 Å². The molecule has 0 bridgehead atoms. The maximum Gasteiger partial charge on any atom is 0.569 e. The van der Waals surface area contributed by atoms with Gasteiger partial charge in [-0.3, -0.25) is 4.79 Å². The van der Waals surface area contributed by atoms with Crippen LogP contribution in [0.3, 0.4) is 0 Å². The minimum absolute atomic E-state index is 0.103. The summed E-state index contributed by atoms with van der Waals surface area (Å²) in [5.74, 6) is -2.26. The summed E-state index contributed by atoms with van der Waals surface area (Å²) < 4.78 is 18.0. The molecule has 1 atom stereocenters. The van der Waals surface area contributed by atoms with Crippen LogP contribution in [0.25, 0.3) is 0 Å². The second kappa shape index (κ2) is 5.56. The second-order valence-electron chi connectivity index (χ2n) is 4.00. The molecule has 1 rings (SSSR count). The van der Waals surface area contributed by atoms with E-state index in [4.69, 9.17) is 27.5 Å². The summed E-state index contributed by atoms with van der Waals surface area (Å²) in [7, 11) is 0.318. The lowest BCUT2D eigenvalue weighted by Crippen LogP contribution is -2.46. The van der Waals surface area contributed by atoms with E-state index in [2.05, 4.69) is 4.65 Å². The van der Waals surface area contributed by atoms with Gasteiger partial charge in [0.1, 0.15) is 11.3 Å². The predicted octanol–water partition coefficient (Wildman–Crippen LogP) is 0.729. The third-order valence-corrected chi connectivity index (χ3v) is 2.68. The molecular formula is C10H11BClFNO4. The van der Waals surface area contributed by atoms with Crippen molar-refractivity contribution in [2.75, 3.05) is 0 Å². The molecule has 0 spiro atoms. The van der Waals surface area contributed by atoms with Crippen molar-refractivity contribution in [3.8, 4) is 5.75 Å². The van der Waals surface area contributed by atoms with Crippen molar-refractivity contribution in [1.29, 1.82) is 0 Å². The highest BCUT2D eigenvalue weighted by Crippen LogP contribution is 2.28. The van der Waals surface area contributed by atoms with E-state index in [9.17, 15) is 9.18 Å². The van der Waals surface area contributed by atoms with Crippen LogP contribution in [0.15, 0.2) is 12.1 Å². The van der Waals surface area contributed by atoms with E-state index in [1.807, 2.05) is 0 Å². The molecule has 0 aliphatic rings. The average molecular weight is 274 g/mol. The number of aliphatic carboxylic acids is 1. The molecule has 0 fully saturated rings. The SMILES string of the molecule is C[C@](N)(Cc1cc(F)c(O[B]O)cc1Cl)C(=O)O. The van der Waals surface area contributed by atoms with Gasteiger partial charge < -0.3 is 20.5 Å². The zero-order valence-corrected chi connectivity index (χ0v) is 10.2. The van der Waals surface area contributed by atoms with Gasteiger partial charge in [-0.1, -0.05) is 11.6 Å². The maximum absolute atomic E-state index is 13.5. The Bertz CT molecular complexity index is 469. The number of rotatable bonds is 5. The number of halogens is 2. The average Bonchev–Trinajstić information content (AvgIpc) is 2.25. The maximum atomic E-state index is 13.5. The molecule has 18 heavy (non-hydrogen) atoms. The van der Waals surface area contributed by atoms with E-state index in [0.717, 1.165) is 12.1 Å². The zero-order valence-electron chi connectivity index (χ0n) is 9.48. The minimum Gasteiger partial charge on any atom is -0.535 e. The van der Waals surface area contributed by atoms with Gasteiger partial charge in [-0.2, -0.15) is 0 Å². The van der Waals surface area contributed by atoms with Crippen molar-refractivity contribution in [3.63, 3.8) is 0 Å². The highest BCUT2D eigenvalue weighted by Gasteiger charge is 2.29. The molecule has 0 heterocycles. The molecule has 0 aromatic heterocycles. The standard InChI is InChI=1S/C10H11BClFNO4/c1-10(14,9(15)16)4-5-2-7(13)8(18-11-17)3-6(5)12/h2-3,17H,4,14H2,1H3,(H,15,16)/t10-/m0/s1. The van der Waals surface area contributed by atoms with Crippen LogP contribution >= 0.6 is 11.6 Å². The first kappa shape index (κ1) is 14.8. The molecule has 8 heteroatoms. The molecule has 0 unspecified atom stereocenters. The van der Waals surface area contributed by atoms with Gasteiger partial charge >= 0.3 is 13.7 Å². The van der Waals surface area contributed by atoms with Gasteiger partial charge in [0.2, 0.25) is 0 Å². The Labute approximate surface area is 109 Å². The molecule has 0 aliphatic carbocycles. The van der Waals surface area contributed by atoms with Gasteiger partial charge in [-0.15, -0.1) is 0 Å². The second-order valence-corrected chi connectivity index (χ2v) is 4.40. The van der Waals surface area contributed by atoms with Crippen molar-refractivity contribution < 1.29 is 24.0 Å². The molecule has 0 saturated carbocycles. The molecule has 5 nitrogen and oxygen atoms in total. The minimum atomic E-state index is -1.55. The predicted molar refractivity (Wildman–Crippen MR) is 63.9 cm³/mol. The van der Waals surface area contributed by atoms with Crippen LogP contribution in [0.5, 0.6) is 5.75 Å². The monoisotopic (exact) mass is 274 g/mol. The third-order valence-electron chi connectivity index (χ3n) is 2.33. The van der Waals surface area contributed by atoms with Crippen molar-refractivity contribution in [2.45, 2.75) is 18.9 Å². The molecule has 1 aromatic carbocycles. The number of carbonyl (C=O) groups is 1. The largest absolute Gasteiger partial charge is 0.569 e. The number of benzene rings is 1. The zero-order chi connectivity index (χ0) is 13.9. The normalized spacial score (nSPS) is 13.8. The number of hydrogen-bond donors (Lipinski definition) is 3. The Morgan fingerprint density at radius 2 is 2.28 bits per heavy atom. The van der Waals surface area contributed by atoms with Crippen LogP contribution in [0.4, 0.5) is 4.39 Å². The smallest absolute Gasteiger partial charge is 0.535 e. The summed E-state index contributed by atoms with van der Waals surface area (Å²) in [6, 6.07) is 2.16. The van der Waals surface area contributed by atoms with Crippen molar-refractivity contribution in [3.05, 3.63) is 28.5 Å². The lowest BCUT2D eigenvalue weighted by Gasteiger charge is -2.20. The molecule has 0 saturated heterocycles. The summed E-state index contributed by atoms with van der Waals surface area (Å²) in [6.45, 7) is 1.30. The highest BCUT2D eigenvalue weighted by atomic mass is 35.5. The Morgan fingerprint density at radius 1 is 1.67 bits per heavy atom. The molecule has 4 N–H and O–H groups in total. The van der Waals surface area contributed by atoms with E-state index in [-0.39, 0.29) is 22.8 Å². The number of carboxylic acids is 1. The van der Waals surface area contributed by atoms with E-state index in [1.165, 1.54) is 6.92 Å². The first-order chi connectivity index (χ1) is 8.27. The highest BCUT2D eigenvalue weighted by molar-refractivity contribution is 6.31. The molecular weight excluding hydrogens is 263 g/mol. The van der Waals surface area contributed by atoms with E-state index < -0.39 is 17.3 Å². The number of nitrogens with two attached hydrogens (primary N) is 1. The lowest BCUT2D eigenvalue weighted by atomic mass is 9.94. The Kier molecular flexibility index (Phi) is 4.56. The summed E-state index contributed by atoms with van der Waals surface area (Å²) in [5.41, 5.74) is 4.24. The molecule has 0 aliphatic heterocycles. The van der Waals surface area contributed by atoms with Crippen LogP contribution in [-0.2, 0) is 11.2 Å². The quantitative estimate of drug-likeness (QED) is 0.688. The van der Waals surface area contributed by atoms with Crippen LogP contribution in [0.2, 0.25) is 5.02 Å². The first-order valence-corrected chi connectivity index (χ1v) is 5.28. The summed E-state index contributed by atoms with van der Waals surface area (Å²) in [5, 5.41) is 17.4. The fourth-order valence-electron chi connectivity index (χ4n) is 1.32. The molecule has 97 valence electrons. The van der Waals surface area contributed by atoms with E-state index in [1.54, 1.807) is 0 Å². The summed E-state index contributed by atoms with van der Waals surface area (Å²) in [4.78, 5) is 10.9. The van der Waals surface area contributed by atoms with Crippen LogP contribution in [0, 0.1) is 5.82 Å². The summed E-state index contributed by atoms with van der Waals surface area (Å²) in [6.07, 6.45) is -0.138. The fraction of sp³-hybridized carbons (Fsp3) is 0.300. The summed E-state index contributed by atoms with van der Waals surface area (Å²) >= 11 is 5.86. The molecule has 0 amide bonds. The number of hydrogen-bond acceptors (Lipinski definition) is 4. The third kappa shape index (κ3) is 3.35. The van der Waals surface area contributed by atoms with Crippen molar-refractivity contribution in [2.24, 2.45) is 5.73 Å². The van der Waals surface area contributed by atoms with Crippen LogP contribution < -0.4 is 10.4 Å². The topological polar surface area (TPSA) is 92.8 Å². The Hall–Kier alpha value is -1.31. The van der Waals surface area contributed by atoms with Crippen LogP contribution in [0.1, 0.15) is 12.5 Å². The lowest BCUT2D eigenvalue weighted by molar-refractivity contribution is -0.142. The van der Waals surface area contributed by atoms with E-state index in [0.29, 0.717) is 7.69 Å². The first-order valence-electron chi connectivity index (χ1n) is 4.90.